The predicted molar refractivity (Wildman–Crippen MR) is 257 cm³/mol. The van der Waals surface area contributed by atoms with E-state index in [1.54, 1.807) is 32.9 Å². The fourth-order valence-electron chi connectivity index (χ4n) is 10.8. The molecule has 1 N–H and O–H groups in total. The molecule has 0 bridgehead atoms. The van der Waals surface area contributed by atoms with Crippen LogP contribution in [0.1, 0.15) is 139 Å². The lowest BCUT2D eigenvalue weighted by molar-refractivity contribution is -0.275. The Balaban J connectivity index is 1.58. The number of halogens is 3. The SMILES string of the molecule is C=CCN(CC=C)[C@@H]1c2onc(OCCCC)c2C(=O)[C@@]2(O[Si](C)(C)C(C)(C)C)C(=O)C3=C(O)c4c(c(OC(F)(F)F)c5c(c4OCCCC)N(C(=O)OC(C)(C)C)CC4CCN(C)C54)C[C@H]3C[C@@H]12. The number of ether oxygens (including phenoxy) is 4. The summed E-state index contributed by atoms with van der Waals surface area (Å²) in [6.07, 6.45) is 0.237. The number of alkyl halides is 3. The number of aliphatic hydroxyl groups excluding tert-OH is 1. The van der Waals surface area contributed by atoms with Crippen LogP contribution in [0, 0.1) is 17.8 Å². The summed E-state index contributed by atoms with van der Waals surface area (Å²) in [4.78, 5) is 52.0. The summed E-state index contributed by atoms with van der Waals surface area (Å²) in [6, 6.07) is -1.53. The first-order valence-corrected chi connectivity index (χ1v) is 27.3. The number of carbonyl (C=O) groups excluding carboxylic acids is 3. The molecule has 18 heteroatoms. The molecule has 380 valence electrons. The Kier molecular flexibility index (Phi) is 14.5. The predicted octanol–water partition coefficient (Wildman–Crippen LogP) is 11.1. The normalized spacial score (nSPS) is 24.8. The molecule has 1 aromatic heterocycles. The number of amides is 1. The molecule has 14 nitrogen and oxygen atoms in total. The van der Waals surface area contributed by atoms with Gasteiger partial charge in [0.1, 0.15) is 22.7 Å². The van der Waals surface area contributed by atoms with Gasteiger partial charge in [0.2, 0.25) is 11.6 Å². The average Bonchev–Trinajstić information content (AvgIpc) is 3.84. The van der Waals surface area contributed by atoms with Gasteiger partial charge in [-0.25, -0.2) is 4.79 Å². The third kappa shape index (κ3) is 9.27. The molecule has 2 unspecified atom stereocenters. The van der Waals surface area contributed by atoms with E-state index in [1.807, 2.05) is 64.6 Å². The zero-order valence-corrected chi connectivity index (χ0v) is 43.2. The number of aromatic nitrogens is 1. The fraction of sp³-hybridized carbons (Fsp3) is 0.647. The number of benzene rings is 1. The third-order valence-corrected chi connectivity index (χ3v) is 19.3. The molecule has 7 rings (SSSR count). The van der Waals surface area contributed by atoms with Crippen molar-refractivity contribution in [2.45, 2.75) is 148 Å². The van der Waals surface area contributed by atoms with E-state index in [0.717, 1.165) is 6.42 Å². The summed E-state index contributed by atoms with van der Waals surface area (Å²) in [5.74, 6) is -5.13. The smallest absolute Gasteiger partial charge is 0.507 e. The second-order valence-electron chi connectivity index (χ2n) is 21.8. The number of fused-ring (bicyclic) bond motifs is 7. The van der Waals surface area contributed by atoms with E-state index in [-0.39, 0.29) is 103 Å². The van der Waals surface area contributed by atoms with E-state index in [9.17, 15) is 9.90 Å². The maximum absolute atomic E-state index is 16.4. The molecule has 69 heavy (non-hydrogen) atoms. The standard InChI is InChI=1S/C51H71F3N4O10Si/c1-14-18-24-63-42-34-31(41(65-51(52,53)54)35-37-29(20-23-56(37)11)28-58(39(35)42)47(62)66-48(5,6)7)26-30-27-32-38(57(21-16-3)22-17-4)43-36(46(55-67-43)64-25-19-15-2)45(61)50(32,44(60)33(30)40(34)59)68-69(12,13)49(8,9)10/h16-17,29-30,32,37-38,59H,3-4,14-15,18-28H2,1-2,5-13H3/t29?,30-,32-,37?,38-,50-/m0/s1. The first kappa shape index (κ1) is 52.2. The van der Waals surface area contributed by atoms with E-state index in [0.29, 0.717) is 32.2 Å². The van der Waals surface area contributed by atoms with Crippen molar-refractivity contribution in [3.8, 4) is 17.4 Å². The van der Waals surface area contributed by atoms with Crippen LogP contribution in [0.3, 0.4) is 0 Å². The maximum Gasteiger partial charge on any atom is 0.573 e. The summed E-state index contributed by atoms with van der Waals surface area (Å²) >= 11 is 0. The lowest BCUT2D eigenvalue weighted by Crippen LogP contribution is -2.68. The molecule has 3 heterocycles. The number of rotatable bonds is 16. The van der Waals surface area contributed by atoms with Gasteiger partial charge in [-0.3, -0.25) is 24.3 Å². The molecule has 3 aliphatic carbocycles. The monoisotopic (exact) mass is 984 g/mol. The first-order valence-electron chi connectivity index (χ1n) is 24.4. The topological polar surface area (TPSA) is 153 Å². The molecule has 6 atom stereocenters. The Morgan fingerprint density at radius 1 is 0.986 bits per heavy atom. The van der Waals surface area contributed by atoms with Gasteiger partial charge in [0, 0.05) is 48.3 Å². The Labute approximate surface area is 405 Å². The number of anilines is 1. The lowest BCUT2D eigenvalue weighted by Gasteiger charge is -2.55. The average molecular weight is 985 g/mol. The highest BCUT2D eigenvalue weighted by Gasteiger charge is 2.69. The number of aliphatic hydroxyl groups is 1. The van der Waals surface area contributed by atoms with Crippen molar-refractivity contribution in [2.24, 2.45) is 17.8 Å². The second-order valence-corrected chi connectivity index (χ2v) is 26.5. The van der Waals surface area contributed by atoms with Gasteiger partial charge >= 0.3 is 12.5 Å². The Morgan fingerprint density at radius 2 is 1.62 bits per heavy atom. The quantitative estimate of drug-likeness (QED) is 0.0735. The highest BCUT2D eigenvalue weighted by molar-refractivity contribution is 6.74. The van der Waals surface area contributed by atoms with E-state index in [1.165, 1.54) is 4.90 Å². The highest BCUT2D eigenvalue weighted by Crippen LogP contribution is 2.63. The molecular formula is C51H71F3N4O10Si. The van der Waals surface area contributed by atoms with E-state index in [4.69, 9.17) is 27.9 Å². The molecule has 2 aromatic rings. The minimum absolute atomic E-state index is 0.0285. The number of likely N-dealkylation sites (tertiary alicyclic amines) is 1. The second kappa shape index (κ2) is 19.2. The van der Waals surface area contributed by atoms with Crippen molar-refractivity contribution in [1.29, 1.82) is 0 Å². The van der Waals surface area contributed by atoms with Crippen LogP contribution in [0.15, 0.2) is 35.4 Å². The molecule has 0 spiro atoms. The van der Waals surface area contributed by atoms with Gasteiger partial charge in [0.25, 0.3) is 5.88 Å². The summed E-state index contributed by atoms with van der Waals surface area (Å²) in [7, 11) is -1.35. The molecule has 2 fully saturated rings. The van der Waals surface area contributed by atoms with E-state index < -0.39 is 84.0 Å². The highest BCUT2D eigenvalue weighted by atomic mass is 28.4. The zero-order chi connectivity index (χ0) is 50.8. The van der Waals surface area contributed by atoms with Crippen LogP contribution in [-0.4, -0.2) is 110 Å². The number of Topliss-reactive ketones (excluding diaryl/α,β-unsaturated/α-hetero) is 2. The number of nitrogens with zero attached hydrogens (tertiary/aromatic N) is 4. The van der Waals surface area contributed by atoms with Crippen molar-refractivity contribution in [1.82, 2.24) is 15.0 Å². The number of ketones is 2. The van der Waals surface area contributed by atoms with Gasteiger partial charge in [-0.1, -0.05) is 59.6 Å². The van der Waals surface area contributed by atoms with Gasteiger partial charge in [-0.2, -0.15) is 0 Å². The van der Waals surface area contributed by atoms with Crippen LogP contribution in [0.2, 0.25) is 18.1 Å². The summed E-state index contributed by atoms with van der Waals surface area (Å²) < 4.78 is 82.7. The van der Waals surface area contributed by atoms with Gasteiger partial charge < -0.3 is 33.0 Å². The molecule has 1 amide bonds. The zero-order valence-electron chi connectivity index (χ0n) is 42.2. The lowest BCUT2D eigenvalue weighted by atomic mass is 9.57. The van der Waals surface area contributed by atoms with Gasteiger partial charge in [-0.15, -0.1) is 26.3 Å². The summed E-state index contributed by atoms with van der Waals surface area (Å²) in [5.41, 5.74) is -3.73. The van der Waals surface area contributed by atoms with E-state index in [2.05, 4.69) is 18.3 Å². The largest absolute Gasteiger partial charge is 0.573 e. The first-order chi connectivity index (χ1) is 32.3. The number of hydrogen-bond donors (Lipinski definition) is 1. The Bertz CT molecular complexity index is 2370. The molecule has 1 saturated heterocycles. The van der Waals surface area contributed by atoms with Crippen LogP contribution in [0.25, 0.3) is 5.76 Å². The van der Waals surface area contributed by atoms with Crippen LogP contribution in [0.4, 0.5) is 23.7 Å². The molecule has 1 aromatic carbocycles. The van der Waals surface area contributed by atoms with Crippen molar-refractivity contribution in [2.75, 3.05) is 51.3 Å². The van der Waals surface area contributed by atoms with E-state index >= 15 is 22.8 Å². The molecule has 2 aliphatic heterocycles. The van der Waals surface area contributed by atoms with Gasteiger partial charge in [0.15, 0.2) is 25.4 Å². The van der Waals surface area contributed by atoms with Gasteiger partial charge in [0.05, 0.1) is 30.5 Å². The number of carbonyl (C=O) groups is 3. The number of hydrogen-bond acceptors (Lipinski definition) is 13. The fourth-order valence-corrected chi connectivity index (χ4v) is 12.3. The van der Waals surface area contributed by atoms with Crippen LogP contribution < -0.4 is 19.1 Å². The van der Waals surface area contributed by atoms with Crippen LogP contribution in [-0.2, 0) is 20.4 Å². The van der Waals surface area contributed by atoms with Gasteiger partial charge in [-0.05, 0) is 102 Å². The molecule has 1 saturated carbocycles. The van der Waals surface area contributed by atoms with Crippen molar-refractivity contribution >= 4 is 37.4 Å². The Hall–Kier alpha value is -4.65. The molecular weight excluding hydrogens is 914 g/mol. The summed E-state index contributed by atoms with van der Waals surface area (Å²) in [6.45, 7) is 28.2. The number of unbranched alkanes of at least 4 members (excludes halogenated alkanes) is 2. The Morgan fingerprint density at radius 3 is 2.20 bits per heavy atom. The van der Waals surface area contributed by atoms with Crippen molar-refractivity contribution < 1.29 is 60.6 Å². The van der Waals surface area contributed by atoms with Crippen LogP contribution >= 0.6 is 0 Å². The van der Waals surface area contributed by atoms with Crippen molar-refractivity contribution in [3.05, 3.63) is 58.9 Å². The minimum Gasteiger partial charge on any atom is -0.507 e. The third-order valence-electron chi connectivity index (χ3n) is 14.8. The minimum atomic E-state index is -5.22. The van der Waals surface area contributed by atoms with Crippen molar-refractivity contribution in [3.63, 3.8) is 0 Å². The summed E-state index contributed by atoms with van der Waals surface area (Å²) in [5, 5.41) is 16.9. The van der Waals surface area contributed by atoms with Crippen LogP contribution in [0.5, 0.6) is 17.4 Å². The molecule has 5 aliphatic rings. The molecule has 0 radical (unpaired) electrons. The maximum atomic E-state index is 16.4.